The largest absolute Gasteiger partial charge is 0.507 e. The van der Waals surface area contributed by atoms with Gasteiger partial charge in [0.2, 0.25) is 0 Å². The Morgan fingerprint density at radius 3 is 2.42 bits per heavy atom. The van der Waals surface area contributed by atoms with Gasteiger partial charge in [-0.15, -0.1) is 0 Å². The van der Waals surface area contributed by atoms with Crippen LogP contribution >= 0.6 is 0 Å². The molecule has 8 heteroatoms. The minimum Gasteiger partial charge on any atom is -0.507 e. The summed E-state index contributed by atoms with van der Waals surface area (Å²) in [6, 6.07) is 11.0. The predicted octanol–water partition coefficient (Wildman–Crippen LogP) is 3.31. The lowest BCUT2D eigenvalue weighted by Crippen LogP contribution is -2.36. The Morgan fingerprint density at radius 1 is 1.06 bits per heavy atom. The van der Waals surface area contributed by atoms with Crippen LogP contribution in [0.1, 0.15) is 30.0 Å². The number of aliphatic hydroxyl groups is 1. The van der Waals surface area contributed by atoms with Crippen LogP contribution in [0, 0.1) is 0 Å². The minimum atomic E-state index is -0.860. The van der Waals surface area contributed by atoms with Crippen molar-refractivity contribution in [3.05, 3.63) is 59.2 Å². The van der Waals surface area contributed by atoms with Crippen LogP contribution in [0.2, 0.25) is 0 Å². The van der Waals surface area contributed by atoms with Gasteiger partial charge in [-0.05, 0) is 43.2 Å². The summed E-state index contributed by atoms with van der Waals surface area (Å²) in [5.41, 5.74) is 0.941. The zero-order valence-electron chi connectivity index (χ0n) is 18.9. The fourth-order valence-electron chi connectivity index (χ4n) is 4.43. The van der Waals surface area contributed by atoms with E-state index in [1.807, 2.05) is 0 Å². The van der Waals surface area contributed by atoms with Gasteiger partial charge >= 0.3 is 0 Å². The van der Waals surface area contributed by atoms with Crippen molar-refractivity contribution < 1.29 is 33.6 Å². The van der Waals surface area contributed by atoms with Crippen molar-refractivity contribution in [2.24, 2.45) is 0 Å². The second-order valence-corrected chi connectivity index (χ2v) is 7.90. The Labute approximate surface area is 192 Å². The van der Waals surface area contributed by atoms with Crippen LogP contribution in [0.3, 0.4) is 0 Å². The van der Waals surface area contributed by atoms with E-state index in [-0.39, 0.29) is 24.0 Å². The summed E-state index contributed by atoms with van der Waals surface area (Å²) in [5, 5.41) is 11.2. The van der Waals surface area contributed by atoms with Crippen LogP contribution in [-0.4, -0.2) is 62.3 Å². The van der Waals surface area contributed by atoms with Gasteiger partial charge in [0.1, 0.15) is 11.5 Å². The Balaban J connectivity index is 1.88. The van der Waals surface area contributed by atoms with E-state index in [4.69, 9.17) is 18.9 Å². The van der Waals surface area contributed by atoms with E-state index in [9.17, 15) is 14.7 Å². The van der Waals surface area contributed by atoms with Crippen molar-refractivity contribution in [1.29, 1.82) is 0 Å². The van der Waals surface area contributed by atoms with Crippen molar-refractivity contribution in [2.75, 3.05) is 34.5 Å². The molecule has 0 spiro atoms. The summed E-state index contributed by atoms with van der Waals surface area (Å²) >= 11 is 0. The first-order valence-corrected chi connectivity index (χ1v) is 10.8. The lowest BCUT2D eigenvalue weighted by atomic mass is 9.94. The number of hydrogen-bond donors (Lipinski definition) is 1. The van der Waals surface area contributed by atoms with Crippen LogP contribution in [0.25, 0.3) is 5.76 Å². The molecule has 2 aliphatic rings. The fraction of sp³-hybridized carbons (Fsp3) is 0.360. The molecule has 4 rings (SSSR count). The molecule has 2 heterocycles. The van der Waals surface area contributed by atoms with Gasteiger partial charge in [0.05, 0.1) is 39.0 Å². The van der Waals surface area contributed by atoms with E-state index in [0.29, 0.717) is 35.0 Å². The molecule has 2 saturated heterocycles. The maximum Gasteiger partial charge on any atom is 0.295 e. The molecule has 0 radical (unpaired) electrons. The summed E-state index contributed by atoms with van der Waals surface area (Å²) in [4.78, 5) is 27.8. The molecule has 2 aromatic carbocycles. The van der Waals surface area contributed by atoms with E-state index in [1.165, 1.54) is 19.1 Å². The number of rotatable bonds is 7. The van der Waals surface area contributed by atoms with Crippen LogP contribution in [0.5, 0.6) is 17.2 Å². The molecule has 2 fully saturated rings. The monoisotopic (exact) mass is 453 g/mol. The van der Waals surface area contributed by atoms with E-state index < -0.39 is 17.7 Å². The van der Waals surface area contributed by atoms with E-state index in [0.717, 1.165) is 12.8 Å². The summed E-state index contributed by atoms with van der Waals surface area (Å²) in [6.45, 7) is 0.850. The molecule has 0 aromatic heterocycles. The lowest BCUT2D eigenvalue weighted by Gasteiger charge is -2.28. The van der Waals surface area contributed by atoms with Crippen molar-refractivity contribution in [1.82, 2.24) is 4.90 Å². The molecule has 33 heavy (non-hydrogen) atoms. The molecule has 2 atom stereocenters. The maximum atomic E-state index is 13.2. The number of amides is 1. The standard InChI is InChI=1S/C25H27NO7/c1-30-16-11-9-15(10-12-16)22(27)20-21(18-7-4-8-19(31-2)24(18)32-3)26(25(29)23(20)28)14-17-6-5-13-33-17/h4,7-12,17,21,27H,5-6,13-14H2,1-3H3. The van der Waals surface area contributed by atoms with Crippen LogP contribution < -0.4 is 14.2 Å². The highest BCUT2D eigenvalue weighted by atomic mass is 16.5. The van der Waals surface area contributed by atoms with Crippen LogP contribution in [0.4, 0.5) is 0 Å². The van der Waals surface area contributed by atoms with Gasteiger partial charge in [0.15, 0.2) is 11.5 Å². The van der Waals surface area contributed by atoms with E-state index in [1.54, 1.807) is 49.6 Å². The summed E-state index contributed by atoms with van der Waals surface area (Å²) in [6.07, 6.45) is 1.51. The van der Waals surface area contributed by atoms with Crippen molar-refractivity contribution in [3.63, 3.8) is 0 Å². The van der Waals surface area contributed by atoms with Crippen LogP contribution in [0.15, 0.2) is 48.0 Å². The topological polar surface area (TPSA) is 94.5 Å². The number of carbonyl (C=O) groups excluding carboxylic acids is 2. The SMILES string of the molecule is COc1ccc(C(O)=C2C(=O)C(=O)N(CC3CCCO3)C2c2cccc(OC)c2OC)cc1. The number of ether oxygens (including phenoxy) is 4. The quantitative estimate of drug-likeness (QED) is 0.390. The second-order valence-electron chi connectivity index (χ2n) is 7.90. The Morgan fingerprint density at radius 2 is 1.82 bits per heavy atom. The number of aliphatic hydroxyl groups excluding tert-OH is 1. The minimum absolute atomic E-state index is 0.00489. The first kappa shape index (κ1) is 22.7. The summed E-state index contributed by atoms with van der Waals surface area (Å²) < 4.78 is 22.0. The van der Waals surface area contributed by atoms with Crippen LogP contribution in [-0.2, 0) is 14.3 Å². The maximum absolute atomic E-state index is 13.2. The van der Waals surface area contributed by atoms with E-state index in [2.05, 4.69) is 0 Å². The number of Topliss-reactive ketones (excluding diaryl/α,β-unsaturated/α-hetero) is 1. The van der Waals surface area contributed by atoms with Gasteiger partial charge in [0.25, 0.3) is 11.7 Å². The molecule has 174 valence electrons. The highest BCUT2D eigenvalue weighted by Crippen LogP contribution is 2.45. The number of carbonyl (C=O) groups is 2. The number of likely N-dealkylation sites (tertiary alicyclic amines) is 1. The zero-order valence-corrected chi connectivity index (χ0v) is 18.9. The Bertz CT molecular complexity index is 1070. The van der Waals surface area contributed by atoms with Gasteiger partial charge in [-0.2, -0.15) is 0 Å². The molecule has 0 aliphatic carbocycles. The molecule has 2 aromatic rings. The van der Waals surface area contributed by atoms with Gasteiger partial charge in [0, 0.05) is 24.3 Å². The molecular weight excluding hydrogens is 426 g/mol. The van der Waals surface area contributed by atoms with Gasteiger partial charge in [-0.3, -0.25) is 9.59 Å². The van der Waals surface area contributed by atoms with Gasteiger partial charge in [-0.25, -0.2) is 0 Å². The number of para-hydroxylation sites is 1. The second kappa shape index (κ2) is 9.54. The molecule has 2 aliphatic heterocycles. The van der Waals surface area contributed by atoms with Crippen molar-refractivity contribution >= 4 is 17.4 Å². The predicted molar refractivity (Wildman–Crippen MR) is 121 cm³/mol. The molecule has 1 N–H and O–H groups in total. The molecule has 0 bridgehead atoms. The lowest BCUT2D eigenvalue weighted by molar-refractivity contribution is -0.140. The normalized spacial score (nSPS) is 22.0. The highest BCUT2D eigenvalue weighted by Gasteiger charge is 2.48. The summed E-state index contributed by atoms with van der Waals surface area (Å²) in [7, 11) is 4.56. The van der Waals surface area contributed by atoms with Crippen molar-refractivity contribution in [3.8, 4) is 17.2 Å². The first-order chi connectivity index (χ1) is 16.0. The average Bonchev–Trinajstić information content (AvgIpc) is 3.45. The molecule has 8 nitrogen and oxygen atoms in total. The van der Waals surface area contributed by atoms with Gasteiger partial charge in [-0.1, -0.05) is 12.1 Å². The van der Waals surface area contributed by atoms with Crippen molar-refractivity contribution in [2.45, 2.75) is 25.0 Å². The third kappa shape index (κ3) is 4.14. The number of hydrogen-bond acceptors (Lipinski definition) is 7. The Kier molecular flexibility index (Phi) is 6.55. The fourth-order valence-corrected chi connectivity index (χ4v) is 4.43. The third-order valence-corrected chi connectivity index (χ3v) is 6.06. The number of ketones is 1. The number of benzene rings is 2. The molecule has 1 amide bonds. The van der Waals surface area contributed by atoms with Gasteiger partial charge < -0.3 is 29.0 Å². The number of nitrogens with zero attached hydrogens (tertiary/aromatic N) is 1. The Hall–Kier alpha value is -3.52. The zero-order chi connectivity index (χ0) is 23.5. The average molecular weight is 453 g/mol. The number of methoxy groups -OCH3 is 3. The molecule has 2 unspecified atom stereocenters. The molecule has 0 saturated carbocycles. The summed E-state index contributed by atoms with van der Waals surface area (Å²) in [5.74, 6) is -0.240. The molecular formula is C25H27NO7. The smallest absolute Gasteiger partial charge is 0.295 e. The third-order valence-electron chi connectivity index (χ3n) is 6.06. The van der Waals surface area contributed by atoms with E-state index >= 15 is 0 Å². The highest BCUT2D eigenvalue weighted by molar-refractivity contribution is 6.46. The first-order valence-electron chi connectivity index (χ1n) is 10.8.